The molecule has 3 nitrogen and oxygen atoms in total. The number of nitrogens with zero attached hydrogens (tertiary/aromatic N) is 2. The van der Waals surface area contributed by atoms with Crippen molar-refractivity contribution in [2.75, 3.05) is 0 Å². The van der Waals surface area contributed by atoms with Crippen molar-refractivity contribution in [3.8, 4) is 0 Å². The second kappa shape index (κ2) is 5.27. The van der Waals surface area contributed by atoms with Crippen LogP contribution < -0.4 is 0 Å². The third-order valence-corrected chi connectivity index (χ3v) is 4.06. The molecule has 1 heterocycles. The van der Waals surface area contributed by atoms with E-state index in [9.17, 15) is 4.21 Å². The molecule has 0 aliphatic heterocycles. The van der Waals surface area contributed by atoms with Gasteiger partial charge in [-0.2, -0.15) is 4.40 Å². The summed E-state index contributed by atoms with van der Waals surface area (Å²) in [6.45, 7) is 9.39. The molecular weight excluding hydrogens is 256 g/mol. The Hall–Kier alpha value is -0.740. The van der Waals surface area contributed by atoms with Crippen LogP contribution in [0.1, 0.15) is 38.8 Å². The molecule has 17 heavy (non-hydrogen) atoms. The molecule has 0 bridgehead atoms. The van der Waals surface area contributed by atoms with Gasteiger partial charge >= 0.3 is 0 Å². The normalized spacial score (nSPS) is 14.8. The average Bonchev–Trinajstić information content (AvgIpc) is 2.20. The van der Waals surface area contributed by atoms with E-state index in [2.05, 4.69) is 9.38 Å². The predicted octanol–water partition coefficient (Wildman–Crippen LogP) is 3.31. The summed E-state index contributed by atoms with van der Waals surface area (Å²) in [6, 6.07) is 1.90. The first-order valence-corrected chi connectivity index (χ1v) is 6.80. The Labute approximate surface area is 110 Å². The largest absolute Gasteiger partial charge is 0.244 e. The van der Waals surface area contributed by atoms with Crippen molar-refractivity contribution in [2.24, 2.45) is 4.40 Å². The van der Waals surface area contributed by atoms with Gasteiger partial charge in [0, 0.05) is 11.8 Å². The standard InChI is InChI=1S/C12H17ClN2OS/c1-8-6-10(7-14-11(8)13)9(2)15-17(16)12(3,4)5/h6-7H,1-5H3. The highest BCUT2D eigenvalue weighted by molar-refractivity contribution is 7.85. The van der Waals surface area contributed by atoms with Gasteiger partial charge < -0.3 is 0 Å². The summed E-state index contributed by atoms with van der Waals surface area (Å²) in [5, 5.41) is 0.485. The van der Waals surface area contributed by atoms with Crippen molar-refractivity contribution in [3.05, 3.63) is 28.5 Å². The maximum Gasteiger partial charge on any atom is 0.145 e. The molecule has 0 spiro atoms. The van der Waals surface area contributed by atoms with Crippen molar-refractivity contribution in [1.82, 2.24) is 4.98 Å². The first kappa shape index (κ1) is 14.3. The van der Waals surface area contributed by atoms with Crippen LogP contribution in [0, 0.1) is 6.92 Å². The fourth-order valence-electron chi connectivity index (χ4n) is 1.07. The van der Waals surface area contributed by atoms with Crippen molar-refractivity contribution in [2.45, 2.75) is 39.4 Å². The van der Waals surface area contributed by atoms with Gasteiger partial charge in [0.05, 0.1) is 10.5 Å². The van der Waals surface area contributed by atoms with E-state index in [-0.39, 0.29) is 4.75 Å². The lowest BCUT2D eigenvalue weighted by molar-refractivity contribution is 0.650. The molecule has 0 aromatic carbocycles. The van der Waals surface area contributed by atoms with Gasteiger partial charge in [0.15, 0.2) is 0 Å². The number of aromatic nitrogens is 1. The molecule has 5 heteroatoms. The minimum absolute atomic E-state index is 0.351. The SMILES string of the molecule is CC(=NS(=O)C(C)(C)C)c1cnc(Cl)c(C)c1. The van der Waals surface area contributed by atoms with Gasteiger partial charge in [-0.1, -0.05) is 11.6 Å². The third kappa shape index (κ3) is 3.89. The molecule has 0 aliphatic carbocycles. The highest BCUT2D eigenvalue weighted by atomic mass is 35.5. The molecule has 1 aromatic heterocycles. The smallest absolute Gasteiger partial charge is 0.145 e. The summed E-state index contributed by atoms with van der Waals surface area (Å²) in [4.78, 5) is 4.05. The maximum atomic E-state index is 11.9. The monoisotopic (exact) mass is 272 g/mol. The minimum atomic E-state index is -1.25. The van der Waals surface area contributed by atoms with Crippen LogP contribution in [-0.2, 0) is 11.0 Å². The van der Waals surface area contributed by atoms with E-state index in [4.69, 9.17) is 11.6 Å². The van der Waals surface area contributed by atoms with Crippen molar-refractivity contribution < 1.29 is 4.21 Å². The topological polar surface area (TPSA) is 42.3 Å². The van der Waals surface area contributed by atoms with Gasteiger partial charge in [0.25, 0.3) is 0 Å². The summed E-state index contributed by atoms with van der Waals surface area (Å²) in [5.41, 5.74) is 2.45. The molecule has 1 atom stereocenters. The zero-order valence-corrected chi connectivity index (χ0v) is 12.3. The van der Waals surface area contributed by atoms with Crippen molar-refractivity contribution >= 4 is 28.3 Å². The number of halogens is 1. The first-order chi connectivity index (χ1) is 7.71. The summed E-state index contributed by atoms with van der Waals surface area (Å²) in [5.74, 6) is 0. The second-order valence-electron chi connectivity index (χ2n) is 4.87. The summed E-state index contributed by atoms with van der Waals surface area (Å²) < 4.78 is 15.7. The molecule has 0 N–H and O–H groups in total. The molecule has 0 amide bonds. The fraction of sp³-hybridized carbons (Fsp3) is 0.500. The maximum absolute atomic E-state index is 11.9. The van der Waals surface area contributed by atoms with E-state index < -0.39 is 11.0 Å². The van der Waals surface area contributed by atoms with Gasteiger partial charge in [0.2, 0.25) is 0 Å². The van der Waals surface area contributed by atoms with Crippen LogP contribution in [0.4, 0.5) is 0 Å². The average molecular weight is 273 g/mol. The molecule has 0 fully saturated rings. The van der Waals surface area contributed by atoms with E-state index in [1.807, 2.05) is 40.7 Å². The molecule has 0 saturated heterocycles. The highest BCUT2D eigenvalue weighted by Crippen LogP contribution is 2.16. The number of rotatable bonds is 2. The lowest BCUT2D eigenvalue weighted by Gasteiger charge is -2.14. The van der Waals surface area contributed by atoms with Gasteiger partial charge in [0.1, 0.15) is 16.1 Å². The Morgan fingerprint density at radius 3 is 2.53 bits per heavy atom. The first-order valence-electron chi connectivity index (χ1n) is 5.31. The van der Waals surface area contributed by atoms with Crippen LogP contribution in [-0.4, -0.2) is 19.7 Å². The second-order valence-corrected chi connectivity index (χ2v) is 7.13. The van der Waals surface area contributed by atoms with Gasteiger partial charge in [-0.3, -0.25) is 0 Å². The van der Waals surface area contributed by atoms with Crippen LogP contribution in [0.5, 0.6) is 0 Å². The lowest BCUT2D eigenvalue weighted by Crippen LogP contribution is -2.20. The van der Waals surface area contributed by atoms with E-state index in [0.717, 1.165) is 11.1 Å². The number of hydrogen-bond donors (Lipinski definition) is 0. The fourth-order valence-corrected chi connectivity index (χ4v) is 1.80. The Morgan fingerprint density at radius 1 is 1.47 bits per heavy atom. The molecular formula is C12H17ClN2OS. The Morgan fingerprint density at radius 2 is 2.06 bits per heavy atom. The van der Waals surface area contributed by atoms with E-state index >= 15 is 0 Å². The zero-order chi connectivity index (χ0) is 13.2. The van der Waals surface area contributed by atoms with Crippen molar-refractivity contribution in [1.29, 1.82) is 0 Å². The quantitative estimate of drug-likeness (QED) is 0.612. The molecule has 1 unspecified atom stereocenters. The van der Waals surface area contributed by atoms with Gasteiger partial charge in [-0.25, -0.2) is 9.19 Å². The summed E-state index contributed by atoms with van der Waals surface area (Å²) >= 11 is 5.85. The van der Waals surface area contributed by atoms with Gasteiger partial charge in [-0.15, -0.1) is 0 Å². The molecule has 1 aromatic rings. The number of aryl methyl sites for hydroxylation is 1. The zero-order valence-electron chi connectivity index (χ0n) is 10.7. The minimum Gasteiger partial charge on any atom is -0.244 e. The molecule has 94 valence electrons. The molecule has 0 saturated carbocycles. The van der Waals surface area contributed by atoms with Crippen LogP contribution >= 0.6 is 11.6 Å². The number of hydrogen-bond acceptors (Lipinski definition) is 2. The third-order valence-electron chi connectivity index (χ3n) is 2.18. The molecule has 1 rings (SSSR count). The van der Waals surface area contributed by atoms with E-state index in [1.54, 1.807) is 6.20 Å². The molecule has 0 radical (unpaired) electrons. The van der Waals surface area contributed by atoms with Crippen LogP contribution in [0.2, 0.25) is 5.15 Å². The highest BCUT2D eigenvalue weighted by Gasteiger charge is 2.19. The number of pyridine rings is 1. The van der Waals surface area contributed by atoms with Crippen LogP contribution in [0.25, 0.3) is 0 Å². The van der Waals surface area contributed by atoms with Crippen LogP contribution in [0.15, 0.2) is 16.7 Å². The Bertz CT molecular complexity index is 478. The lowest BCUT2D eigenvalue weighted by atomic mass is 10.1. The van der Waals surface area contributed by atoms with Gasteiger partial charge in [-0.05, 0) is 46.2 Å². The summed E-state index contributed by atoms with van der Waals surface area (Å²) in [6.07, 6.45) is 1.65. The van der Waals surface area contributed by atoms with Crippen LogP contribution in [0.3, 0.4) is 0 Å². The summed E-state index contributed by atoms with van der Waals surface area (Å²) in [7, 11) is -1.25. The Balaban J connectivity index is 3.04. The van der Waals surface area contributed by atoms with Crippen molar-refractivity contribution in [3.63, 3.8) is 0 Å². The predicted molar refractivity (Wildman–Crippen MR) is 74.1 cm³/mol. The van der Waals surface area contributed by atoms with E-state index in [0.29, 0.717) is 10.9 Å². The Kier molecular flexibility index (Phi) is 4.44. The molecule has 0 aliphatic rings. The van der Waals surface area contributed by atoms with E-state index in [1.165, 1.54) is 0 Å².